The van der Waals surface area contributed by atoms with E-state index in [2.05, 4.69) is 9.97 Å². The van der Waals surface area contributed by atoms with Crippen molar-refractivity contribution in [3.63, 3.8) is 0 Å². The Hall–Kier alpha value is -3.46. The number of methoxy groups -OCH3 is 2. The summed E-state index contributed by atoms with van der Waals surface area (Å²) in [7, 11) is 3.15. The number of ether oxygens (including phenoxy) is 3. The first-order valence-corrected chi connectivity index (χ1v) is 10.8. The smallest absolute Gasteiger partial charge is 0.260 e. The van der Waals surface area contributed by atoms with Crippen LogP contribution in [-0.4, -0.2) is 67.8 Å². The second-order valence-electron chi connectivity index (χ2n) is 8.01. The number of carbonyl (C=O) groups excluding carboxylic acids is 1. The van der Waals surface area contributed by atoms with Crippen molar-refractivity contribution in [3.8, 4) is 17.2 Å². The molecule has 1 aliphatic rings. The van der Waals surface area contributed by atoms with Gasteiger partial charge >= 0.3 is 0 Å². The van der Waals surface area contributed by atoms with Gasteiger partial charge < -0.3 is 29.7 Å². The summed E-state index contributed by atoms with van der Waals surface area (Å²) in [5.74, 6) is 2.80. The van der Waals surface area contributed by atoms with Gasteiger partial charge in [0.2, 0.25) is 5.95 Å². The van der Waals surface area contributed by atoms with Gasteiger partial charge in [0.15, 0.2) is 18.1 Å². The molecule has 0 bridgehead atoms. The summed E-state index contributed by atoms with van der Waals surface area (Å²) in [5.41, 5.74) is 8.94. The minimum atomic E-state index is -0.0342. The van der Waals surface area contributed by atoms with Crippen LogP contribution in [0.1, 0.15) is 11.1 Å². The highest BCUT2D eigenvalue weighted by Crippen LogP contribution is 2.34. The van der Waals surface area contributed by atoms with E-state index >= 15 is 0 Å². The van der Waals surface area contributed by atoms with E-state index in [9.17, 15) is 4.79 Å². The van der Waals surface area contributed by atoms with Gasteiger partial charge in [-0.3, -0.25) is 4.79 Å². The number of aryl methyl sites for hydroxylation is 2. The molecule has 1 amide bonds. The van der Waals surface area contributed by atoms with E-state index in [-0.39, 0.29) is 24.9 Å². The summed E-state index contributed by atoms with van der Waals surface area (Å²) >= 11 is 0. The fraction of sp³-hybridized carbons (Fsp3) is 0.375. The van der Waals surface area contributed by atoms with Crippen molar-refractivity contribution in [2.45, 2.75) is 13.8 Å². The molecule has 182 valence electrons. The van der Waals surface area contributed by atoms with Crippen molar-refractivity contribution in [2.24, 2.45) is 0 Å². The molecule has 1 aliphatic heterocycles. The summed E-state index contributed by atoms with van der Waals surface area (Å²) in [6, 6.07) is 9.51. The van der Waals surface area contributed by atoms with E-state index in [1.54, 1.807) is 26.4 Å². The van der Waals surface area contributed by atoms with Crippen LogP contribution >= 0.6 is 12.4 Å². The molecule has 0 atom stereocenters. The molecule has 1 saturated heterocycles. The number of amides is 1. The van der Waals surface area contributed by atoms with Crippen LogP contribution < -0.4 is 24.8 Å². The SMILES string of the molecule is COc1cc2nc(N3CCN(C(=O)COc4c(C)cccc4C)CC3)nc(N)c2cc1OC.Cl. The number of carbonyl (C=O) groups is 1. The minimum absolute atomic E-state index is 0. The van der Waals surface area contributed by atoms with Gasteiger partial charge in [0.05, 0.1) is 19.7 Å². The number of halogens is 1. The van der Waals surface area contributed by atoms with Crippen molar-refractivity contribution in [1.82, 2.24) is 14.9 Å². The average molecular weight is 488 g/mol. The molecule has 0 spiro atoms. The molecule has 4 rings (SSSR count). The Morgan fingerprint density at radius 1 is 1.00 bits per heavy atom. The quantitative estimate of drug-likeness (QED) is 0.566. The van der Waals surface area contributed by atoms with Crippen molar-refractivity contribution in [1.29, 1.82) is 0 Å². The number of piperazine rings is 1. The number of hydrogen-bond donors (Lipinski definition) is 1. The second kappa shape index (κ2) is 10.6. The lowest BCUT2D eigenvalue weighted by molar-refractivity contribution is -0.133. The molecular weight excluding hydrogens is 458 g/mol. The Kier molecular flexibility index (Phi) is 7.88. The molecule has 2 heterocycles. The number of nitrogen functional groups attached to an aromatic ring is 1. The van der Waals surface area contributed by atoms with Crippen LogP contribution in [0.25, 0.3) is 10.9 Å². The van der Waals surface area contributed by atoms with E-state index in [1.165, 1.54) is 0 Å². The molecule has 0 unspecified atom stereocenters. The number of nitrogens with two attached hydrogens (primary N) is 1. The number of fused-ring (bicyclic) bond motifs is 1. The summed E-state index contributed by atoms with van der Waals surface area (Å²) in [4.78, 5) is 25.7. The van der Waals surface area contributed by atoms with Gasteiger partial charge in [-0.25, -0.2) is 4.98 Å². The Labute approximate surface area is 205 Å². The predicted octanol–water partition coefficient (Wildman–Crippen LogP) is 3.00. The average Bonchev–Trinajstić information content (AvgIpc) is 2.82. The zero-order valence-corrected chi connectivity index (χ0v) is 20.6. The molecule has 9 nitrogen and oxygen atoms in total. The third kappa shape index (κ3) is 5.04. The Bertz CT molecular complexity index is 1160. The number of aromatic nitrogens is 2. The number of nitrogens with zero attached hydrogens (tertiary/aromatic N) is 4. The Balaban J connectivity index is 0.00000324. The summed E-state index contributed by atoms with van der Waals surface area (Å²) in [6.07, 6.45) is 0. The third-order valence-corrected chi connectivity index (χ3v) is 5.88. The lowest BCUT2D eigenvalue weighted by Crippen LogP contribution is -2.50. The number of rotatable bonds is 6. The van der Waals surface area contributed by atoms with E-state index in [0.29, 0.717) is 60.3 Å². The van der Waals surface area contributed by atoms with Gasteiger partial charge in [0.1, 0.15) is 11.6 Å². The fourth-order valence-corrected chi connectivity index (χ4v) is 4.02. The third-order valence-electron chi connectivity index (χ3n) is 5.88. The van der Waals surface area contributed by atoms with Crippen LogP contribution in [0.3, 0.4) is 0 Å². The molecule has 1 fully saturated rings. The van der Waals surface area contributed by atoms with Crippen LogP contribution in [0.5, 0.6) is 17.2 Å². The van der Waals surface area contributed by atoms with E-state index in [0.717, 1.165) is 16.9 Å². The first-order valence-electron chi connectivity index (χ1n) is 10.8. The minimum Gasteiger partial charge on any atom is -0.493 e. The normalized spacial score (nSPS) is 13.4. The molecule has 1 aromatic heterocycles. The Morgan fingerprint density at radius 3 is 2.24 bits per heavy atom. The van der Waals surface area contributed by atoms with Gasteiger partial charge in [-0.05, 0) is 31.0 Å². The van der Waals surface area contributed by atoms with E-state index in [1.807, 2.05) is 41.8 Å². The maximum atomic E-state index is 12.7. The molecule has 2 N–H and O–H groups in total. The van der Waals surface area contributed by atoms with Crippen LogP contribution in [-0.2, 0) is 4.79 Å². The van der Waals surface area contributed by atoms with Crippen molar-refractivity contribution < 1.29 is 19.0 Å². The van der Waals surface area contributed by atoms with Gasteiger partial charge in [-0.2, -0.15) is 4.98 Å². The molecule has 0 radical (unpaired) electrons. The van der Waals surface area contributed by atoms with Crippen molar-refractivity contribution in [3.05, 3.63) is 41.5 Å². The Morgan fingerprint density at radius 2 is 1.62 bits per heavy atom. The molecule has 3 aromatic rings. The highest BCUT2D eigenvalue weighted by Gasteiger charge is 2.24. The highest BCUT2D eigenvalue weighted by molar-refractivity contribution is 5.91. The van der Waals surface area contributed by atoms with Gasteiger partial charge in [0.25, 0.3) is 5.91 Å². The number of hydrogen-bond acceptors (Lipinski definition) is 8. The number of anilines is 2. The van der Waals surface area contributed by atoms with E-state index in [4.69, 9.17) is 19.9 Å². The monoisotopic (exact) mass is 487 g/mol. The van der Waals surface area contributed by atoms with Crippen molar-refractivity contribution in [2.75, 3.05) is 57.6 Å². The molecule has 34 heavy (non-hydrogen) atoms. The van der Waals surface area contributed by atoms with Crippen molar-refractivity contribution >= 4 is 41.0 Å². The largest absolute Gasteiger partial charge is 0.493 e. The van der Waals surface area contributed by atoms with Gasteiger partial charge in [-0.1, -0.05) is 18.2 Å². The predicted molar refractivity (Wildman–Crippen MR) is 135 cm³/mol. The first-order chi connectivity index (χ1) is 15.9. The standard InChI is InChI=1S/C24H29N5O4.ClH/c1-15-6-5-7-16(2)22(15)33-14-21(30)28-8-10-29(11-9-28)24-26-18-13-20(32-4)19(31-3)12-17(18)23(25)27-24;/h5-7,12-13H,8-11,14H2,1-4H3,(H2,25,26,27);1H. The summed E-state index contributed by atoms with van der Waals surface area (Å²) in [6.45, 7) is 6.30. The van der Waals surface area contributed by atoms with Gasteiger partial charge in [0, 0.05) is 37.6 Å². The second-order valence-corrected chi connectivity index (χ2v) is 8.01. The van der Waals surface area contributed by atoms with Crippen LogP contribution in [0.4, 0.5) is 11.8 Å². The van der Waals surface area contributed by atoms with Crippen LogP contribution in [0, 0.1) is 13.8 Å². The van der Waals surface area contributed by atoms with Crippen LogP contribution in [0.2, 0.25) is 0 Å². The molecular formula is C24H30ClN5O4. The van der Waals surface area contributed by atoms with E-state index < -0.39 is 0 Å². The zero-order valence-electron chi connectivity index (χ0n) is 19.8. The number of benzene rings is 2. The molecule has 2 aromatic carbocycles. The van der Waals surface area contributed by atoms with Crippen LogP contribution in [0.15, 0.2) is 30.3 Å². The summed E-state index contributed by atoms with van der Waals surface area (Å²) < 4.78 is 16.6. The maximum absolute atomic E-state index is 12.7. The lowest BCUT2D eigenvalue weighted by atomic mass is 10.1. The molecule has 0 aliphatic carbocycles. The lowest BCUT2D eigenvalue weighted by Gasteiger charge is -2.34. The maximum Gasteiger partial charge on any atom is 0.260 e. The zero-order chi connectivity index (χ0) is 23.5. The molecule has 0 saturated carbocycles. The highest BCUT2D eigenvalue weighted by atomic mass is 35.5. The topological polar surface area (TPSA) is 103 Å². The fourth-order valence-electron chi connectivity index (χ4n) is 4.02. The summed E-state index contributed by atoms with van der Waals surface area (Å²) in [5, 5.41) is 0.703. The van der Waals surface area contributed by atoms with Gasteiger partial charge in [-0.15, -0.1) is 12.4 Å². The molecule has 10 heteroatoms. The number of para-hydroxylation sites is 1. The first kappa shape index (κ1) is 25.2.